The van der Waals surface area contributed by atoms with Crippen molar-refractivity contribution < 1.29 is 31.2 Å². The van der Waals surface area contributed by atoms with Crippen molar-refractivity contribution in [2.24, 2.45) is 0 Å². The van der Waals surface area contributed by atoms with Crippen molar-refractivity contribution in [3.05, 3.63) is 59.7 Å². The van der Waals surface area contributed by atoms with Gasteiger partial charge in [-0.3, -0.25) is 0 Å². The number of benzene rings is 2. The maximum absolute atomic E-state index is 13.0. The summed E-state index contributed by atoms with van der Waals surface area (Å²) in [5.41, 5.74) is 1.34. The van der Waals surface area contributed by atoms with Gasteiger partial charge in [-0.1, -0.05) is 29.8 Å². The molecule has 1 aliphatic heterocycles. The third-order valence-electron chi connectivity index (χ3n) is 5.60. The summed E-state index contributed by atoms with van der Waals surface area (Å²) in [6, 6.07) is 9.75. The number of carbonyl (C=O) groups is 2. The molecule has 2 aromatic carbocycles. The molecule has 0 unspecified atom stereocenters. The van der Waals surface area contributed by atoms with E-state index in [1.165, 1.54) is 50.5 Å². The van der Waals surface area contributed by atoms with Gasteiger partial charge in [-0.2, -0.15) is 4.72 Å². The van der Waals surface area contributed by atoms with E-state index in [0.29, 0.717) is 18.5 Å². The lowest BCUT2D eigenvalue weighted by molar-refractivity contribution is -0.162. The predicted octanol–water partition coefficient (Wildman–Crippen LogP) is 0.957. The van der Waals surface area contributed by atoms with Crippen molar-refractivity contribution in [2.45, 2.75) is 48.1 Å². The monoisotopic (exact) mass is 523 g/mol. The van der Waals surface area contributed by atoms with Gasteiger partial charge in [-0.05, 0) is 62.6 Å². The first kappa shape index (κ1) is 27.0. The molecule has 35 heavy (non-hydrogen) atoms. The Hall–Kier alpha value is -2.64. The van der Waals surface area contributed by atoms with E-state index in [4.69, 9.17) is 4.74 Å². The Kier molecular flexibility index (Phi) is 8.44. The third-order valence-corrected chi connectivity index (χ3v) is 8.92. The molecular formula is C23H29N3O7S2. The van der Waals surface area contributed by atoms with Gasteiger partial charge in [-0.25, -0.2) is 30.7 Å². The van der Waals surface area contributed by atoms with Crippen LogP contribution in [-0.2, 0) is 40.8 Å². The fourth-order valence-electron chi connectivity index (χ4n) is 3.52. The van der Waals surface area contributed by atoms with Crippen LogP contribution in [0.4, 0.5) is 0 Å². The predicted molar refractivity (Wildman–Crippen MR) is 128 cm³/mol. The van der Waals surface area contributed by atoms with Crippen molar-refractivity contribution >= 4 is 32.0 Å². The molecule has 0 aromatic heterocycles. The number of hydrogen-bond acceptors (Lipinski definition) is 8. The molecule has 1 saturated heterocycles. The standard InChI is InChI=1S/C23H29N3O7S2/c1-16-6-10-18(11-7-16)34(29,30)25-21(23(28)33-22(27)20-5-4-14-24-20)15-17-8-12-19(13-9-17)35(31,32)26(2)3/h6-13,20-21,24-25H,4-5,14-15H2,1-3H3/t20-,21-/m0/s1. The van der Waals surface area contributed by atoms with Gasteiger partial charge in [0.15, 0.2) is 0 Å². The number of aryl methyl sites for hydroxylation is 1. The van der Waals surface area contributed by atoms with Crippen LogP contribution in [0.5, 0.6) is 0 Å². The van der Waals surface area contributed by atoms with Crippen LogP contribution in [0.3, 0.4) is 0 Å². The number of rotatable bonds is 9. The van der Waals surface area contributed by atoms with Crippen LogP contribution >= 0.6 is 0 Å². The summed E-state index contributed by atoms with van der Waals surface area (Å²) >= 11 is 0. The van der Waals surface area contributed by atoms with Crippen LogP contribution in [0.15, 0.2) is 58.3 Å². The normalized spacial score (nSPS) is 17.3. The third kappa shape index (κ3) is 6.73. The summed E-state index contributed by atoms with van der Waals surface area (Å²) in [7, 11) is -4.96. The van der Waals surface area contributed by atoms with Crippen molar-refractivity contribution in [3.8, 4) is 0 Å². The highest BCUT2D eigenvalue weighted by atomic mass is 32.2. The van der Waals surface area contributed by atoms with E-state index in [1.807, 2.05) is 6.92 Å². The van der Waals surface area contributed by atoms with Crippen LogP contribution < -0.4 is 10.0 Å². The molecule has 0 spiro atoms. The van der Waals surface area contributed by atoms with Crippen LogP contribution in [0.1, 0.15) is 24.0 Å². The second kappa shape index (κ2) is 11.0. The van der Waals surface area contributed by atoms with E-state index < -0.39 is 44.1 Å². The molecule has 0 aliphatic carbocycles. The lowest BCUT2D eigenvalue weighted by atomic mass is 10.1. The summed E-state index contributed by atoms with van der Waals surface area (Å²) in [5, 5.41) is 2.93. The zero-order valence-electron chi connectivity index (χ0n) is 19.7. The van der Waals surface area contributed by atoms with Gasteiger partial charge in [0, 0.05) is 14.1 Å². The highest BCUT2D eigenvalue weighted by Gasteiger charge is 2.32. The molecule has 3 rings (SSSR count). The molecule has 2 aromatic rings. The number of hydrogen-bond donors (Lipinski definition) is 2. The number of sulfonamides is 2. The Morgan fingerprint density at radius 1 is 1.03 bits per heavy atom. The highest BCUT2D eigenvalue weighted by Crippen LogP contribution is 2.17. The van der Waals surface area contributed by atoms with Crippen LogP contribution in [0, 0.1) is 6.92 Å². The lowest BCUT2D eigenvalue weighted by Crippen LogP contribution is -2.45. The van der Waals surface area contributed by atoms with E-state index in [2.05, 4.69) is 10.0 Å². The quantitative estimate of drug-likeness (QED) is 0.366. The summed E-state index contributed by atoms with van der Waals surface area (Å²) in [4.78, 5) is 25.2. The Balaban J connectivity index is 1.84. The fourth-order valence-corrected chi connectivity index (χ4v) is 5.60. The van der Waals surface area contributed by atoms with Crippen LogP contribution in [0.25, 0.3) is 0 Å². The largest absolute Gasteiger partial charge is 0.391 e. The Bertz CT molecular complexity index is 1270. The van der Waals surface area contributed by atoms with Gasteiger partial charge >= 0.3 is 11.9 Å². The van der Waals surface area contributed by atoms with Gasteiger partial charge in [0.25, 0.3) is 0 Å². The highest BCUT2D eigenvalue weighted by molar-refractivity contribution is 7.89. The molecule has 2 N–H and O–H groups in total. The molecular weight excluding hydrogens is 494 g/mol. The van der Waals surface area contributed by atoms with Gasteiger partial charge in [-0.15, -0.1) is 0 Å². The van der Waals surface area contributed by atoms with Crippen molar-refractivity contribution in [3.63, 3.8) is 0 Å². The van der Waals surface area contributed by atoms with Crippen molar-refractivity contribution in [1.29, 1.82) is 0 Å². The molecule has 2 atom stereocenters. The second-order valence-corrected chi connectivity index (χ2v) is 12.4. The molecule has 0 saturated carbocycles. The minimum absolute atomic E-state index is 0.0443. The first-order valence-electron chi connectivity index (χ1n) is 11.0. The number of nitrogens with zero attached hydrogens (tertiary/aromatic N) is 1. The molecule has 1 fully saturated rings. The number of esters is 2. The maximum atomic E-state index is 13.0. The van der Waals surface area contributed by atoms with Gasteiger partial charge in [0.05, 0.1) is 9.79 Å². The van der Waals surface area contributed by atoms with E-state index in [1.54, 1.807) is 12.1 Å². The molecule has 190 valence electrons. The van der Waals surface area contributed by atoms with E-state index in [-0.39, 0.29) is 16.2 Å². The average molecular weight is 524 g/mol. The zero-order chi connectivity index (χ0) is 25.8. The summed E-state index contributed by atoms with van der Waals surface area (Å²) in [5.74, 6) is -1.80. The molecule has 1 heterocycles. The first-order valence-corrected chi connectivity index (χ1v) is 13.9. The summed E-state index contributed by atoms with van der Waals surface area (Å²) < 4.78 is 58.9. The molecule has 0 radical (unpaired) electrons. The Morgan fingerprint density at radius 2 is 1.63 bits per heavy atom. The van der Waals surface area contributed by atoms with Crippen LogP contribution in [0.2, 0.25) is 0 Å². The van der Waals surface area contributed by atoms with E-state index in [9.17, 15) is 26.4 Å². The zero-order valence-corrected chi connectivity index (χ0v) is 21.4. The molecule has 1 aliphatic rings. The topological polar surface area (TPSA) is 139 Å². The number of nitrogens with one attached hydrogen (secondary N) is 2. The number of carbonyl (C=O) groups excluding carboxylic acids is 2. The van der Waals surface area contributed by atoms with Crippen molar-refractivity contribution in [1.82, 2.24) is 14.3 Å². The van der Waals surface area contributed by atoms with Gasteiger partial charge < -0.3 is 10.1 Å². The smallest absolute Gasteiger partial charge is 0.332 e. The SMILES string of the molecule is Cc1ccc(S(=O)(=O)N[C@@H](Cc2ccc(S(=O)(=O)N(C)C)cc2)C(=O)OC(=O)[C@@H]2CCCN2)cc1. The second-order valence-electron chi connectivity index (χ2n) is 8.51. The molecule has 10 nitrogen and oxygen atoms in total. The summed E-state index contributed by atoms with van der Waals surface area (Å²) in [6.07, 6.45) is 1.13. The summed E-state index contributed by atoms with van der Waals surface area (Å²) in [6.45, 7) is 2.44. The average Bonchev–Trinajstić information content (AvgIpc) is 3.34. The van der Waals surface area contributed by atoms with Gasteiger partial charge in [0.1, 0.15) is 12.1 Å². The minimum Gasteiger partial charge on any atom is -0.391 e. The van der Waals surface area contributed by atoms with E-state index in [0.717, 1.165) is 16.3 Å². The van der Waals surface area contributed by atoms with Crippen molar-refractivity contribution in [2.75, 3.05) is 20.6 Å². The molecule has 0 amide bonds. The van der Waals surface area contributed by atoms with Gasteiger partial charge in [0.2, 0.25) is 20.0 Å². The Labute approximate surface area is 205 Å². The molecule has 0 bridgehead atoms. The Morgan fingerprint density at radius 3 is 2.17 bits per heavy atom. The first-order chi connectivity index (χ1) is 16.4. The minimum atomic E-state index is -4.12. The van der Waals surface area contributed by atoms with E-state index >= 15 is 0 Å². The fraction of sp³-hybridized carbons (Fsp3) is 0.391. The lowest BCUT2D eigenvalue weighted by Gasteiger charge is -2.19. The maximum Gasteiger partial charge on any atom is 0.332 e. The van der Waals surface area contributed by atoms with Crippen LogP contribution in [-0.4, -0.2) is 65.8 Å². The molecule has 12 heteroatoms. The number of ether oxygens (including phenoxy) is 1.